The Morgan fingerprint density at radius 2 is 1.69 bits per heavy atom. The minimum absolute atomic E-state index is 0.151. The molecule has 0 aliphatic heterocycles. The fraction of sp³-hybridized carbons (Fsp3) is 0.0455. The molecule has 2 aromatic heterocycles. The molecule has 0 radical (unpaired) electrons. The van der Waals surface area contributed by atoms with Gasteiger partial charge >= 0.3 is 0 Å². The Morgan fingerprint density at radius 3 is 2.41 bits per heavy atom. The normalized spacial score (nSPS) is 11.2. The summed E-state index contributed by atoms with van der Waals surface area (Å²) in [5.41, 5.74) is 3.21. The molecule has 0 aliphatic rings. The second-order valence-electron chi connectivity index (χ2n) is 6.65. The molecule has 0 atom stereocenters. The average molecular weight is 387 g/mol. The number of benzene rings is 3. The molecule has 3 aromatic carbocycles. The van der Waals surface area contributed by atoms with Gasteiger partial charge in [0.2, 0.25) is 0 Å². The van der Waals surface area contributed by atoms with E-state index in [1.165, 1.54) is 12.4 Å². The van der Waals surface area contributed by atoms with Crippen molar-refractivity contribution in [3.63, 3.8) is 0 Å². The van der Waals surface area contributed by atoms with E-state index in [9.17, 15) is 8.78 Å². The van der Waals surface area contributed by atoms with Crippen molar-refractivity contribution in [1.29, 1.82) is 0 Å². The zero-order valence-electron chi connectivity index (χ0n) is 15.2. The van der Waals surface area contributed by atoms with Crippen LogP contribution in [0.3, 0.4) is 0 Å². The average Bonchev–Trinajstić information content (AvgIpc) is 3.38. The van der Waals surface area contributed by atoms with Gasteiger partial charge in [0, 0.05) is 18.2 Å². The second kappa shape index (κ2) is 6.94. The molecule has 5 nitrogen and oxygen atoms in total. The third kappa shape index (κ3) is 3.16. The first-order valence-electron chi connectivity index (χ1n) is 9.04. The van der Waals surface area contributed by atoms with Gasteiger partial charge in [-0.1, -0.05) is 30.3 Å². The first-order valence-corrected chi connectivity index (χ1v) is 9.04. The van der Waals surface area contributed by atoms with Gasteiger partial charge in [0.15, 0.2) is 5.82 Å². The number of aromatic nitrogens is 5. The number of halogens is 2. The largest absolute Gasteiger partial charge is 0.319 e. The van der Waals surface area contributed by atoms with Crippen LogP contribution in [0.15, 0.2) is 79.4 Å². The summed E-state index contributed by atoms with van der Waals surface area (Å²) >= 11 is 0. The minimum atomic E-state index is -0.674. The first kappa shape index (κ1) is 17.2. The molecular formula is C22H15F2N5. The zero-order valence-corrected chi connectivity index (χ0v) is 15.2. The lowest BCUT2D eigenvalue weighted by Crippen LogP contribution is -2.03. The molecule has 0 saturated carbocycles. The predicted molar refractivity (Wildman–Crippen MR) is 106 cm³/mol. The summed E-state index contributed by atoms with van der Waals surface area (Å²) in [4.78, 5) is 8.44. The van der Waals surface area contributed by atoms with Gasteiger partial charge < -0.3 is 4.57 Å². The Morgan fingerprint density at radius 1 is 0.897 bits per heavy atom. The highest BCUT2D eigenvalue weighted by Gasteiger charge is 2.17. The predicted octanol–water partition coefficient (Wildman–Crippen LogP) is 4.61. The lowest BCUT2D eigenvalue weighted by molar-refractivity contribution is 0.590. The van der Waals surface area contributed by atoms with Gasteiger partial charge in [0.25, 0.3) is 0 Å². The fourth-order valence-corrected chi connectivity index (χ4v) is 3.40. The van der Waals surface area contributed by atoms with E-state index in [2.05, 4.69) is 15.1 Å². The maximum absolute atomic E-state index is 14.4. The Kier molecular flexibility index (Phi) is 4.13. The van der Waals surface area contributed by atoms with Crippen LogP contribution in [0.25, 0.3) is 28.1 Å². The van der Waals surface area contributed by atoms with E-state index in [-0.39, 0.29) is 5.52 Å². The van der Waals surface area contributed by atoms with Crippen molar-refractivity contribution in [3.8, 4) is 17.1 Å². The lowest BCUT2D eigenvalue weighted by atomic mass is 10.1. The van der Waals surface area contributed by atoms with Crippen LogP contribution in [0.1, 0.15) is 5.56 Å². The molecule has 142 valence electrons. The summed E-state index contributed by atoms with van der Waals surface area (Å²) in [7, 11) is 0. The van der Waals surface area contributed by atoms with Crippen molar-refractivity contribution in [2.45, 2.75) is 6.54 Å². The van der Waals surface area contributed by atoms with Crippen molar-refractivity contribution >= 4 is 11.0 Å². The third-order valence-corrected chi connectivity index (χ3v) is 4.76. The summed E-state index contributed by atoms with van der Waals surface area (Å²) in [6, 6.07) is 19.4. The molecule has 29 heavy (non-hydrogen) atoms. The molecule has 0 N–H and O–H groups in total. The van der Waals surface area contributed by atoms with E-state index in [0.717, 1.165) is 22.9 Å². The van der Waals surface area contributed by atoms with Crippen LogP contribution < -0.4 is 0 Å². The smallest absolute Gasteiger partial charge is 0.153 e. The van der Waals surface area contributed by atoms with Crippen molar-refractivity contribution in [1.82, 2.24) is 24.3 Å². The van der Waals surface area contributed by atoms with E-state index < -0.39 is 11.6 Å². The first-order chi connectivity index (χ1) is 14.2. The number of imidazole rings is 1. The summed E-state index contributed by atoms with van der Waals surface area (Å²) in [6.07, 6.45) is 3.07. The Hall–Kier alpha value is -3.87. The number of hydrogen-bond acceptors (Lipinski definition) is 3. The van der Waals surface area contributed by atoms with Crippen LogP contribution in [0.2, 0.25) is 0 Å². The molecule has 0 bridgehead atoms. The highest BCUT2D eigenvalue weighted by atomic mass is 19.1. The molecule has 0 unspecified atom stereocenters. The van der Waals surface area contributed by atoms with E-state index in [1.54, 1.807) is 11.0 Å². The standard InChI is InChI=1S/C22H15F2N5/c23-17-10-19(24)21-20(11-17)28(12-15-4-2-1-3-5-15)22(27-21)16-6-8-18(9-7-16)29-14-25-13-26-29/h1-11,13-14H,12H2. The van der Waals surface area contributed by atoms with Crippen molar-refractivity contribution in [2.24, 2.45) is 0 Å². The van der Waals surface area contributed by atoms with E-state index >= 15 is 0 Å². The maximum Gasteiger partial charge on any atom is 0.153 e. The van der Waals surface area contributed by atoms with Crippen LogP contribution in [-0.2, 0) is 6.54 Å². The zero-order chi connectivity index (χ0) is 19.8. The van der Waals surface area contributed by atoms with E-state index in [0.29, 0.717) is 17.9 Å². The van der Waals surface area contributed by atoms with Crippen LogP contribution in [0.4, 0.5) is 8.78 Å². The lowest BCUT2D eigenvalue weighted by Gasteiger charge is -2.10. The van der Waals surface area contributed by atoms with Crippen molar-refractivity contribution in [3.05, 3.63) is 96.6 Å². The molecule has 5 rings (SSSR count). The number of hydrogen-bond donors (Lipinski definition) is 0. The van der Waals surface area contributed by atoms with Gasteiger partial charge in [0.05, 0.1) is 11.2 Å². The summed E-state index contributed by atoms with van der Waals surface area (Å²) in [5.74, 6) is -0.733. The Balaban J connectivity index is 1.66. The fourth-order valence-electron chi connectivity index (χ4n) is 3.40. The van der Waals surface area contributed by atoms with Crippen LogP contribution in [0, 0.1) is 11.6 Å². The van der Waals surface area contributed by atoms with Crippen LogP contribution in [-0.4, -0.2) is 24.3 Å². The minimum Gasteiger partial charge on any atom is -0.319 e. The van der Waals surface area contributed by atoms with Gasteiger partial charge in [-0.25, -0.2) is 23.4 Å². The molecule has 5 aromatic rings. The third-order valence-electron chi connectivity index (χ3n) is 4.76. The SMILES string of the molecule is Fc1cc(F)c2nc(-c3ccc(-n4cncn4)cc3)n(Cc3ccccc3)c2c1. The molecule has 0 fully saturated rings. The van der Waals surface area contributed by atoms with Gasteiger partial charge in [-0.2, -0.15) is 5.10 Å². The van der Waals surface area contributed by atoms with Gasteiger partial charge in [0.1, 0.15) is 29.8 Å². The van der Waals surface area contributed by atoms with Crippen LogP contribution in [0.5, 0.6) is 0 Å². The molecule has 0 spiro atoms. The molecule has 2 heterocycles. The molecule has 0 amide bonds. The number of rotatable bonds is 4. The summed E-state index contributed by atoms with van der Waals surface area (Å²) in [6.45, 7) is 0.445. The highest BCUT2D eigenvalue weighted by molar-refractivity contribution is 5.81. The summed E-state index contributed by atoms with van der Waals surface area (Å²) in [5, 5.41) is 4.11. The van der Waals surface area contributed by atoms with Crippen molar-refractivity contribution < 1.29 is 8.78 Å². The monoisotopic (exact) mass is 387 g/mol. The van der Waals surface area contributed by atoms with Gasteiger partial charge in [-0.3, -0.25) is 0 Å². The molecule has 0 saturated heterocycles. The topological polar surface area (TPSA) is 48.5 Å². The van der Waals surface area contributed by atoms with Gasteiger partial charge in [-0.05, 0) is 35.9 Å². The summed E-state index contributed by atoms with van der Waals surface area (Å²) < 4.78 is 31.8. The Labute approximate surface area is 164 Å². The number of fused-ring (bicyclic) bond motifs is 1. The number of nitrogens with zero attached hydrogens (tertiary/aromatic N) is 5. The van der Waals surface area contributed by atoms with Crippen LogP contribution >= 0.6 is 0 Å². The molecule has 7 heteroatoms. The second-order valence-corrected chi connectivity index (χ2v) is 6.65. The van der Waals surface area contributed by atoms with Crippen molar-refractivity contribution in [2.75, 3.05) is 0 Å². The molecular weight excluding hydrogens is 372 g/mol. The maximum atomic E-state index is 14.4. The van der Waals surface area contributed by atoms with E-state index in [4.69, 9.17) is 0 Å². The Bertz CT molecular complexity index is 1280. The van der Waals surface area contributed by atoms with Gasteiger partial charge in [-0.15, -0.1) is 0 Å². The quantitative estimate of drug-likeness (QED) is 0.452. The van der Waals surface area contributed by atoms with E-state index in [1.807, 2.05) is 59.2 Å². The molecule has 0 aliphatic carbocycles. The highest BCUT2D eigenvalue weighted by Crippen LogP contribution is 2.29.